The average molecular weight is 250 g/mol. The van der Waals surface area contributed by atoms with E-state index in [0.717, 1.165) is 11.3 Å². The highest BCUT2D eigenvalue weighted by atomic mass is 16.5. The number of rotatable bonds is 5. The fourth-order valence-electron chi connectivity index (χ4n) is 1.90. The van der Waals surface area contributed by atoms with E-state index in [2.05, 4.69) is 5.32 Å². The first-order valence-electron chi connectivity index (χ1n) is 5.90. The van der Waals surface area contributed by atoms with Gasteiger partial charge in [-0.25, -0.2) is 0 Å². The second-order valence-electron chi connectivity index (χ2n) is 4.47. The van der Waals surface area contributed by atoms with Crippen molar-refractivity contribution in [2.75, 3.05) is 26.9 Å². The molecule has 18 heavy (non-hydrogen) atoms. The minimum atomic E-state index is -0.540. The van der Waals surface area contributed by atoms with Crippen LogP contribution < -0.4 is 15.8 Å². The van der Waals surface area contributed by atoms with E-state index in [0.29, 0.717) is 26.3 Å². The molecule has 1 aromatic carbocycles. The van der Waals surface area contributed by atoms with Crippen LogP contribution in [-0.4, -0.2) is 32.8 Å². The molecule has 0 aliphatic carbocycles. The predicted octanol–water partition coefficient (Wildman–Crippen LogP) is 0.287. The number of amides is 1. The molecule has 1 saturated heterocycles. The number of para-hydroxylation sites is 1. The van der Waals surface area contributed by atoms with Crippen molar-refractivity contribution in [2.24, 2.45) is 11.1 Å². The van der Waals surface area contributed by atoms with Crippen LogP contribution in [0.25, 0.3) is 0 Å². The maximum Gasteiger partial charge on any atom is 0.232 e. The number of nitrogens with two attached hydrogens (primary N) is 1. The van der Waals surface area contributed by atoms with Crippen LogP contribution in [0.3, 0.4) is 0 Å². The molecule has 5 nitrogen and oxygen atoms in total. The van der Waals surface area contributed by atoms with E-state index in [1.54, 1.807) is 7.11 Å². The summed E-state index contributed by atoms with van der Waals surface area (Å²) in [6, 6.07) is 7.60. The van der Waals surface area contributed by atoms with Gasteiger partial charge < -0.3 is 20.5 Å². The molecule has 0 unspecified atom stereocenters. The second-order valence-corrected chi connectivity index (χ2v) is 4.47. The van der Waals surface area contributed by atoms with Crippen LogP contribution in [0.5, 0.6) is 5.75 Å². The zero-order valence-electron chi connectivity index (χ0n) is 10.4. The molecule has 1 amide bonds. The molecule has 0 spiro atoms. The van der Waals surface area contributed by atoms with Gasteiger partial charge in [0.1, 0.15) is 11.2 Å². The molecular weight excluding hydrogens is 232 g/mol. The monoisotopic (exact) mass is 250 g/mol. The number of carbonyl (C=O) groups excluding carboxylic acids is 1. The van der Waals surface area contributed by atoms with Crippen molar-refractivity contribution in [3.63, 3.8) is 0 Å². The molecule has 1 aliphatic heterocycles. The summed E-state index contributed by atoms with van der Waals surface area (Å²) in [6.07, 6.45) is 0. The Hall–Kier alpha value is -1.59. The first-order valence-corrected chi connectivity index (χ1v) is 5.90. The largest absolute Gasteiger partial charge is 0.496 e. The van der Waals surface area contributed by atoms with E-state index in [-0.39, 0.29) is 5.91 Å². The summed E-state index contributed by atoms with van der Waals surface area (Å²) >= 11 is 0. The van der Waals surface area contributed by atoms with Crippen LogP contribution >= 0.6 is 0 Å². The molecular formula is C13H18N2O3. The van der Waals surface area contributed by atoms with Crippen LogP contribution in [-0.2, 0) is 16.1 Å². The van der Waals surface area contributed by atoms with Gasteiger partial charge in [0, 0.05) is 18.7 Å². The molecule has 1 aliphatic rings. The van der Waals surface area contributed by atoms with E-state index in [1.165, 1.54) is 0 Å². The van der Waals surface area contributed by atoms with E-state index >= 15 is 0 Å². The fraction of sp³-hybridized carbons (Fsp3) is 0.462. The zero-order chi connectivity index (χ0) is 13.0. The number of hydrogen-bond acceptors (Lipinski definition) is 4. The molecule has 98 valence electrons. The molecule has 0 saturated carbocycles. The first kappa shape index (κ1) is 12.9. The Morgan fingerprint density at radius 3 is 2.78 bits per heavy atom. The fourth-order valence-corrected chi connectivity index (χ4v) is 1.90. The zero-order valence-corrected chi connectivity index (χ0v) is 10.4. The lowest BCUT2D eigenvalue weighted by molar-refractivity contribution is -0.159. The highest BCUT2D eigenvalue weighted by Crippen LogP contribution is 2.26. The van der Waals surface area contributed by atoms with Gasteiger partial charge in [0.15, 0.2) is 0 Å². The lowest BCUT2D eigenvalue weighted by Crippen LogP contribution is -2.58. The topological polar surface area (TPSA) is 73.6 Å². The van der Waals surface area contributed by atoms with Crippen LogP contribution in [0.15, 0.2) is 24.3 Å². The van der Waals surface area contributed by atoms with Gasteiger partial charge in [-0.05, 0) is 6.07 Å². The summed E-state index contributed by atoms with van der Waals surface area (Å²) in [5.41, 5.74) is 6.03. The van der Waals surface area contributed by atoms with Crippen molar-refractivity contribution in [3.05, 3.63) is 29.8 Å². The summed E-state index contributed by atoms with van der Waals surface area (Å²) in [7, 11) is 1.61. The second kappa shape index (κ2) is 5.37. The predicted molar refractivity (Wildman–Crippen MR) is 67.1 cm³/mol. The highest BCUT2D eigenvalue weighted by molar-refractivity contribution is 5.84. The summed E-state index contributed by atoms with van der Waals surface area (Å²) in [5.74, 6) is 0.714. The highest BCUT2D eigenvalue weighted by Gasteiger charge is 2.44. The SMILES string of the molecule is COc1ccccc1CNC(=O)C1(CN)COC1. The maximum atomic E-state index is 12.0. The summed E-state index contributed by atoms with van der Waals surface area (Å²) in [6.45, 7) is 1.55. The van der Waals surface area contributed by atoms with Crippen molar-refractivity contribution in [2.45, 2.75) is 6.54 Å². The smallest absolute Gasteiger partial charge is 0.232 e. The quantitative estimate of drug-likeness (QED) is 0.787. The third-order valence-corrected chi connectivity index (χ3v) is 3.26. The van der Waals surface area contributed by atoms with Gasteiger partial charge in [-0.1, -0.05) is 18.2 Å². The molecule has 2 rings (SSSR count). The van der Waals surface area contributed by atoms with Crippen molar-refractivity contribution in [1.29, 1.82) is 0 Å². The molecule has 5 heteroatoms. The van der Waals surface area contributed by atoms with Crippen LogP contribution in [0.2, 0.25) is 0 Å². The maximum absolute atomic E-state index is 12.0. The van der Waals surface area contributed by atoms with Crippen LogP contribution in [0.4, 0.5) is 0 Å². The van der Waals surface area contributed by atoms with Crippen molar-refractivity contribution in [1.82, 2.24) is 5.32 Å². The first-order chi connectivity index (χ1) is 8.72. The summed E-state index contributed by atoms with van der Waals surface area (Å²) in [4.78, 5) is 12.0. The third kappa shape index (κ3) is 2.32. The van der Waals surface area contributed by atoms with Gasteiger partial charge >= 0.3 is 0 Å². The van der Waals surface area contributed by atoms with Crippen LogP contribution in [0.1, 0.15) is 5.56 Å². The van der Waals surface area contributed by atoms with Crippen LogP contribution in [0, 0.1) is 5.41 Å². The van der Waals surface area contributed by atoms with E-state index in [4.69, 9.17) is 15.2 Å². The molecule has 0 atom stereocenters. The van der Waals surface area contributed by atoms with E-state index < -0.39 is 5.41 Å². The van der Waals surface area contributed by atoms with Crippen molar-refractivity contribution < 1.29 is 14.3 Å². The van der Waals surface area contributed by atoms with E-state index in [9.17, 15) is 4.79 Å². The van der Waals surface area contributed by atoms with Gasteiger partial charge in [-0.15, -0.1) is 0 Å². The molecule has 1 heterocycles. The number of carbonyl (C=O) groups is 1. The standard InChI is InChI=1S/C13H18N2O3/c1-17-11-5-3-2-4-10(11)6-15-12(16)13(7-14)8-18-9-13/h2-5H,6-9,14H2,1H3,(H,15,16). The Morgan fingerprint density at radius 1 is 1.50 bits per heavy atom. The third-order valence-electron chi connectivity index (χ3n) is 3.26. The Balaban J connectivity index is 1.97. The Labute approximate surface area is 106 Å². The molecule has 1 aromatic rings. The Morgan fingerprint density at radius 2 is 2.22 bits per heavy atom. The number of hydrogen-bond donors (Lipinski definition) is 2. The number of benzene rings is 1. The molecule has 0 bridgehead atoms. The average Bonchev–Trinajstić information content (AvgIpc) is 2.36. The molecule has 3 N–H and O–H groups in total. The van der Waals surface area contributed by atoms with Gasteiger partial charge in [0.2, 0.25) is 5.91 Å². The number of methoxy groups -OCH3 is 1. The molecule has 0 aromatic heterocycles. The molecule has 0 radical (unpaired) electrons. The number of ether oxygens (including phenoxy) is 2. The Bertz CT molecular complexity index is 424. The Kier molecular flexibility index (Phi) is 3.84. The van der Waals surface area contributed by atoms with Gasteiger partial charge in [0.25, 0.3) is 0 Å². The van der Waals surface area contributed by atoms with E-state index in [1.807, 2.05) is 24.3 Å². The van der Waals surface area contributed by atoms with Gasteiger partial charge in [0.05, 0.1) is 20.3 Å². The lowest BCUT2D eigenvalue weighted by atomic mass is 9.85. The minimum absolute atomic E-state index is 0.0536. The van der Waals surface area contributed by atoms with Crippen molar-refractivity contribution >= 4 is 5.91 Å². The lowest BCUT2D eigenvalue weighted by Gasteiger charge is -2.38. The van der Waals surface area contributed by atoms with Gasteiger partial charge in [-0.3, -0.25) is 4.79 Å². The molecule has 1 fully saturated rings. The minimum Gasteiger partial charge on any atom is -0.496 e. The normalized spacial score (nSPS) is 16.8. The van der Waals surface area contributed by atoms with Crippen molar-refractivity contribution in [3.8, 4) is 5.75 Å². The number of nitrogens with one attached hydrogen (secondary N) is 1. The summed E-state index contributed by atoms with van der Waals surface area (Å²) in [5, 5.41) is 2.89. The summed E-state index contributed by atoms with van der Waals surface area (Å²) < 4.78 is 10.3. The van der Waals surface area contributed by atoms with Gasteiger partial charge in [-0.2, -0.15) is 0 Å².